The summed E-state index contributed by atoms with van der Waals surface area (Å²) in [7, 11) is 0. The summed E-state index contributed by atoms with van der Waals surface area (Å²) < 4.78 is 0. The molecule has 1 N–H and O–H groups in total. The van der Waals surface area contributed by atoms with Crippen molar-refractivity contribution >= 4 is 0 Å². The number of hydrogen-bond acceptors (Lipinski definition) is 1. The van der Waals surface area contributed by atoms with E-state index in [4.69, 9.17) is 0 Å². The monoisotopic (exact) mass is 125 g/mol. The zero-order valence-electron chi connectivity index (χ0n) is 6.11. The number of nitrogens with one attached hydrogen (secondary N) is 1. The van der Waals surface area contributed by atoms with Crippen LogP contribution in [-0.2, 0) is 0 Å². The van der Waals surface area contributed by atoms with Crippen LogP contribution < -0.4 is 5.32 Å². The lowest BCUT2D eigenvalue weighted by atomic mass is 10.1. The maximum atomic E-state index is 3.56. The van der Waals surface area contributed by atoms with Gasteiger partial charge in [0.2, 0.25) is 0 Å². The van der Waals surface area contributed by atoms with Gasteiger partial charge in [0.25, 0.3) is 0 Å². The summed E-state index contributed by atoms with van der Waals surface area (Å²) in [5, 5.41) is 3.56. The summed E-state index contributed by atoms with van der Waals surface area (Å²) in [6, 6.07) is 0.905. The lowest BCUT2D eigenvalue weighted by Crippen LogP contribution is -2.23. The first kappa shape index (κ1) is 5.72. The topological polar surface area (TPSA) is 12.0 Å². The molecule has 0 radical (unpaired) electrons. The van der Waals surface area contributed by atoms with Crippen molar-refractivity contribution in [3.63, 3.8) is 0 Å². The molecule has 2 aliphatic carbocycles. The van der Waals surface area contributed by atoms with Crippen molar-refractivity contribution in [1.82, 2.24) is 5.32 Å². The fraction of sp³-hybridized carbons (Fsp3) is 1.00. The number of rotatable bonds is 3. The van der Waals surface area contributed by atoms with Crippen molar-refractivity contribution in [2.24, 2.45) is 5.41 Å². The summed E-state index contributed by atoms with van der Waals surface area (Å²) in [5.74, 6) is 0. The molecule has 0 bridgehead atoms. The minimum atomic E-state index is 0.711. The van der Waals surface area contributed by atoms with Gasteiger partial charge in [-0.2, -0.15) is 0 Å². The maximum absolute atomic E-state index is 3.56. The Labute approximate surface area is 56.8 Å². The van der Waals surface area contributed by atoms with Crippen LogP contribution in [0.3, 0.4) is 0 Å². The van der Waals surface area contributed by atoms with Gasteiger partial charge in [0.05, 0.1) is 0 Å². The Morgan fingerprint density at radius 2 is 2.11 bits per heavy atom. The van der Waals surface area contributed by atoms with Crippen LogP contribution in [0.15, 0.2) is 0 Å². The van der Waals surface area contributed by atoms with E-state index in [1.807, 2.05) is 0 Å². The Bertz CT molecular complexity index is 112. The molecule has 9 heavy (non-hydrogen) atoms. The molecule has 0 heterocycles. The molecule has 2 saturated carbocycles. The molecule has 0 aliphatic heterocycles. The van der Waals surface area contributed by atoms with Gasteiger partial charge < -0.3 is 5.32 Å². The Hall–Kier alpha value is -0.0400. The van der Waals surface area contributed by atoms with E-state index < -0.39 is 0 Å². The summed E-state index contributed by atoms with van der Waals surface area (Å²) in [4.78, 5) is 0. The van der Waals surface area contributed by atoms with Crippen molar-refractivity contribution in [3.8, 4) is 0 Å². The first-order chi connectivity index (χ1) is 4.29. The Morgan fingerprint density at radius 3 is 2.56 bits per heavy atom. The smallest absolute Gasteiger partial charge is 0.00684 e. The minimum absolute atomic E-state index is 0.711. The third kappa shape index (κ3) is 1.45. The zero-order valence-corrected chi connectivity index (χ0v) is 6.11. The second-order valence-electron chi connectivity index (χ2n) is 3.97. The van der Waals surface area contributed by atoms with Crippen LogP contribution in [0.5, 0.6) is 0 Å². The van der Waals surface area contributed by atoms with Crippen LogP contribution in [0.25, 0.3) is 0 Å². The van der Waals surface area contributed by atoms with Gasteiger partial charge >= 0.3 is 0 Å². The zero-order chi connectivity index (χ0) is 6.32. The van der Waals surface area contributed by atoms with E-state index in [0.29, 0.717) is 5.41 Å². The Morgan fingerprint density at radius 1 is 1.44 bits per heavy atom. The molecule has 1 nitrogen and oxygen atoms in total. The van der Waals surface area contributed by atoms with Gasteiger partial charge in [0.1, 0.15) is 0 Å². The predicted molar refractivity (Wildman–Crippen MR) is 38.4 cm³/mol. The van der Waals surface area contributed by atoms with Crippen LogP contribution in [0.1, 0.15) is 32.6 Å². The summed E-state index contributed by atoms with van der Waals surface area (Å²) in [6.45, 7) is 3.65. The Balaban J connectivity index is 1.65. The van der Waals surface area contributed by atoms with E-state index in [1.165, 1.54) is 32.2 Å². The van der Waals surface area contributed by atoms with Gasteiger partial charge in [-0.25, -0.2) is 0 Å². The fourth-order valence-corrected chi connectivity index (χ4v) is 1.07. The molecule has 0 aromatic heterocycles. The third-order valence-electron chi connectivity index (χ3n) is 2.50. The van der Waals surface area contributed by atoms with Crippen LogP contribution in [0.4, 0.5) is 0 Å². The van der Waals surface area contributed by atoms with Crippen molar-refractivity contribution in [2.75, 3.05) is 6.54 Å². The molecule has 52 valence electrons. The van der Waals surface area contributed by atoms with Crippen molar-refractivity contribution in [2.45, 2.75) is 38.6 Å². The molecule has 2 aliphatic rings. The predicted octanol–water partition coefficient (Wildman–Crippen LogP) is 1.54. The van der Waals surface area contributed by atoms with Crippen LogP contribution in [0, 0.1) is 5.41 Å². The van der Waals surface area contributed by atoms with E-state index in [1.54, 1.807) is 0 Å². The van der Waals surface area contributed by atoms with E-state index in [-0.39, 0.29) is 0 Å². The standard InChI is InChI=1S/C8H15N/c1-8(4-5-8)6-9-7-2-3-7/h7,9H,2-6H2,1H3. The largest absolute Gasteiger partial charge is 0.313 e. The minimum Gasteiger partial charge on any atom is -0.313 e. The van der Waals surface area contributed by atoms with E-state index in [9.17, 15) is 0 Å². The van der Waals surface area contributed by atoms with E-state index >= 15 is 0 Å². The highest BCUT2D eigenvalue weighted by Gasteiger charge is 2.38. The highest BCUT2D eigenvalue weighted by Crippen LogP contribution is 2.44. The highest BCUT2D eigenvalue weighted by molar-refractivity contribution is 4.93. The Kier molecular flexibility index (Phi) is 1.10. The first-order valence-electron chi connectivity index (χ1n) is 4.02. The molecule has 0 spiro atoms. The van der Waals surface area contributed by atoms with Gasteiger partial charge in [-0.05, 0) is 31.1 Å². The van der Waals surface area contributed by atoms with Gasteiger partial charge in [-0.3, -0.25) is 0 Å². The van der Waals surface area contributed by atoms with Gasteiger partial charge in [-0.15, -0.1) is 0 Å². The van der Waals surface area contributed by atoms with Crippen LogP contribution >= 0.6 is 0 Å². The molecule has 0 saturated heterocycles. The first-order valence-corrected chi connectivity index (χ1v) is 4.02. The molecule has 0 unspecified atom stereocenters. The second-order valence-corrected chi connectivity index (χ2v) is 3.97. The van der Waals surface area contributed by atoms with Gasteiger partial charge in [-0.1, -0.05) is 6.92 Å². The average Bonchev–Trinajstić information content (AvgIpc) is 2.58. The molecule has 0 aromatic carbocycles. The second kappa shape index (κ2) is 1.72. The van der Waals surface area contributed by atoms with Gasteiger partial charge in [0.15, 0.2) is 0 Å². The lowest BCUT2D eigenvalue weighted by molar-refractivity contribution is 0.498. The fourth-order valence-electron chi connectivity index (χ4n) is 1.07. The summed E-state index contributed by atoms with van der Waals surface area (Å²) >= 11 is 0. The molecule has 0 amide bonds. The number of hydrogen-bond donors (Lipinski definition) is 1. The summed E-state index contributed by atoms with van der Waals surface area (Å²) in [6.07, 6.45) is 5.76. The van der Waals surface area contributed by atoms with E-state index in [0.717, 1.165) is 6.04 Å². The third-order valence-corrected chi connectivity index (χ3v) is 2.50. The SMILES string of the molecule is CC1(CNC2CC2)CC1. The lowest BCUT2D eigenvalue weighted by Gasteiger charge is -2.07. The van der Waals surface area contributed by atoms with E-state index in [2.05, 4.69) is 12.2 Å². The maximum Gasteiger partial charge on any atom is 0.00684 e. The van der Waals surface area contributed by atoms with Crippen LogP contribution in [0.2, 0.25) is 0 Å². The molecule has 0 atom stereocenters. The van der Waals surface area contributed by atoms with Crippen molar-refractivity contribution < 1.29 is 0 Å². The molecular weight excluding hydrogens is 110 g/mol. The summed E-state index contributed by atoms with van der Waals surface area (Å²) in [5.41, 5.74) is 0.711. The van der Waals surface area contributed by atoms with Crippen molar-refractivity contribution in [1.29, 1.82) is 0 Å². The average molecular weight is 125 g/mol. The van der Waals surface area contributed by atoms with Crippen LogP contribution in [-0.4, -0.2) is 12.6 Å². The normalized spacial score (nSPS) is 30.3. The molecular formula is C8H15N. The van der Waals surface area contributed by atoms with Crippen molar-refractivity contribution in [3.05, 3.63) is 0 Å². The molecule has 0 aromatic rings. The van der Waals surface area contributed by atoms with Gasteiger partial charge in [0, 0.05) is 12.6 Å². The highest BCUT2D eigenvalue weighted by atomic mass is 15.0. The quantitative estimate of drug-likeness (QED) is 0.603. The molecule has 2 rings (SSSR count). The molecule has 1 heteroatoms. The molecule has 2 fully saturated rings.